The van der Waals surface area contributed by atoms with Crippen LogP contribution < -0.4 is 0 Å². The smallest absolute Gasteiger partial charge is 0.288 e. The summed E-state index contributed by atoms with van der Waals surface area (Å²) in [4.78, 5) is 9.95. The van der Waals surface area contributed by atoms with E-state index in [0.29, 0.717) is 5.56 Å². The summed E-state index contributed by atoms with van der Waals surface area (Å²) in [5, 5.41) is 19.1. The summed E-state index contributed by atoms with van der Waals surface area (Å²) in [5.41, 5.74) is 0.502. The Morgan fingerprint density at radius 3 is 2.86 bits per heavy atom. The van der Waals surface area contributed by atoms with Crippen LogP contribution in [0.1, 0.15) is 5.56 Å². The molecule has 0 aliphatic carbocycles. The molecule has 1 aromatic rings. The van der Waals surface area contributed by atoms with E-state index >= 15 is 0 Å². The van der Waals surface area contributed by atoms with Gasteiger partial charge < -0.3 is 5.11 Å². The van der Waals surface area contributed by atoms with E-state index < -0.39 is 4.92 Å². The van der Waals surface area contributed by atoms with E-state index in [0.717, 1.165) is 0 Å². The van der Waals surface area contributed by atoms with Crippen molar-refractivity contribution < 1.29 is 10.0 Å². The maximum absolute atomic E-state index is 10.5. The molecule has 0 fully saturated rings. The molecule has 0 bridgehead atoms. The molecule has 1 aromatic carbocycles. The molecule has 0 aromatic heterocycles. The van der Waals surface area contributed by atoms with Gasteiger partial charge in [-0.3, -0.25) is 10.1 Å². The molecule has 0 aliphatic rings. The van der Waals surface area contributed by atoms with Crippen molar-refractivity contribution in [3.05, 3.63) is 45.0 Å². The Labute approximate surface area is 85.6 Å². The lowest BCUT2D eigenvalue weighted by Gasteiger charge is -1.96. The van der Waals surface area contributed by atoms with Crippen LogP contribution in [0, 0.1) is 10.1 Å². The maximum atomic E-state index is 10.5. The van der Waals surface area contributed by atoms with Gasteiger partial charge in [0, 0.05) is 6.07 Å². The lowest BCUT2D eigenvalue weighted by molar-refractivity contribution is -0.384. The van der Waals surface area contributed by atoms with Crippen LogP contribution in [-0.2, 0) is 0 Å². The molecule has 5 heteroatoms. The molecule has 4 nitrogen and oxygen atoms in total. The molecule has 0 amide bonds. The number of nitro benzene ring substituents is 1. The number of benzene rings is 1. The second-order valence-corrected chi connectivity index (χ2v) is 2.96. The number of hydrogen-bond acceptors (Lipinski definition) is 3. The number of hydrogen-bond donors (Lipinski definition) is 1. The van der Waals surface area contributed by atoms with Gasteiger partial charge in [0.05, 0.1) is 11.5 Å². The summed E-state index contributed by atoms with van der Waals surface area (Å²) in [6.45, 7) is -0.101. The lowest BCUT2D eigenvalue weighted by atomic mass is 10.2. The predicted molar refractivity (Wildman–Crippen MR) is 54.2 cm³/mol. The van der Waals surface area contributed by atoms with Gasteiger partial charge >= 0.3 is 0 Å². The highest BCUT2D eigenvalue weighted by atomic mass is 35.5. The van der Waals surface area contributed by atoms with E-state index in [4.69, 9.17) is 16.7 Å². The number of aliphatic hydroxyl groups excluding tert-OH is 1. The van der Waals surface area contributed by atoms with Gasteiger partial charge in [-0.05, 0) is 11.6 Å². The van der Waals surface area contributed by atoms with Crippen LogP contribution in [0.15, 0.2) is 24.3 Å². The van der Waals surface area contributed by atoms with Crippen molar-refractivity contribution in [2.45, 2.75) is 0 Å². The molecule has 0 heterocycles. The predicted octanol–water partition coefficient (Wildman–Crippen LogP) is 2.25. The second kappa shape index (κ2) is 4.74. The first-order valence-electron chi connectivity index (χ1n) is 3.86. The van der Waals surface area contributed by atoms with Crippen LogP contribution in [-0.4, -0.2) is 16.6 Å². The molecular weight excluding hydrogens is 206 g/mol. The molecule has 0 aliphatic heterocycles. The average molecular weight is 214 g/mol. The summed E-state index contributed by atoms with van der Waals surface area (Å²) in [7, 11) is 0. The van der Waals surface area contributed by atoms with E-state index in [1.807, 2.05) is 0 Å². The van der Waals surface area contributed by atoms with Crippen molar-refractivity contribution in [3.8, 4) is 0 Å². The highest BCUT2D eigenvalue weighted by Gasteiger charge is 2.11. The zero-order chi connectivity index (χ0) is 10.6. The average Bonchev–Trinajstić information content (AvgIpc) is 2.16. The van der Waals surface area contributed by atoms with E-state index in [2.05, 4.69) is 0 Å². The normalized spacial score (nSPS) is 10.7. The molecule has 1 N–H and O–H groups in total. The highest BCUT2D eigenvalue weighted by molar-refractivity contribution is 6.32. The van der Waals surface area contributed by atoms with Crippen LogP contribution in [0.5, 0.6) is 0 Å². The highest BCUT2D eigenvalue weighted by Crippen LogP contribution is 2.25. The Balaban J connectivity index is 3.06. The SMILES string of the molecule is O=[N+]([O-])c1cc(C=CCO)ccc1Cl. The van der Waals surface area contributed by atoms with Crippen molar-refractivity contribution in [3.63, 3.8) is 0 Å². The third-order valence-corrected chi connectivity index (χ3v) is 1.90. The van der Waals surface area contributed by atoms with Crippen molar-refractivity contribution in [2.24, 2.45) is 0 Å². The van der Waals surface area contributed by atoms with Crippen LogP contribution in [0.25, 0.3) is 6.08 Å². The molecule has 0 unspecified atom stereocenters. The third-order valence-electron chi connectivity index (χ3n) is 1.58. The fraction of sp³-hybridized carbons (Fsp3) is 0.111. The fourth-order valence-electron chi connectivity index (χ4n) is 0.962. The summed E-state index contributed by atoms with van der Waals surface area (Å²) in [5.74, 6) is 0. The Kier molecular flexibility index (Phi) is 3.62. The van der Waals surface area contributed by atoms with Crippen molar-refractivity contribution in [2.75, 3.05) is 6.61 Å². The first kappa shape index (κ1) is 10.7. The van der Waals surface area contributed by atoms with E-state index in [1.165, 1.54) is 18.2 Å². The standard InChI is InChI=1S/C9H8ClNO3/c10-8-4-3-7(2-1-5-12)6-9(8)11(13)14/h1-4,6,12H,5H2. The van der Waals surface area contributed by atoms with Gasteiger partial charge in [-0.15, -0.1) is 0 Å². The molecule has 0 atom stereocenters. The number of halogens is 1. The largest absolute Gasteiger partial charge is 0.392 e. The molecule has 74 valence electrons. The topological polar surface area (TPSA) is 63.4 Å². The van der Waals surface area contributed by atoms with Crippen LogP contribution in [0.4, 0.5) is 5.69 Å². The first-order valence-corrected chi connectivity index (χ1v) is 4.24. The number of nitrogens with zero attached hydrogens (tertiary/aromatic N) is 1. The lowest BCUT2D eigenvalue weighted by Crippen LogP contribution is -1.89. The van der Waals surface area contributed by atoms with Crippen molar-refractivity contribution >= 4 is 23.4 Å². The Morgan fingerprint density at radius 2 is 2.29 bits per heavy atom. The summed E-state index contributed by atoms with van der Waals surface area (Å²) in [6.07, 6.45) is 3.08. The van der Waals surface area contributed by atoms with Crippen molar-refractivity contribution in [1.82, 2.24) is 0 Å². The maximum Gasteiger partial charge on any atom is 0.288 e. The third kappa shape index (κ3) is 2.55. The Hall–Kier alpha value is -1.39. The quantitative estimate of drug-likeness (QED) is 0.619. The molecule has 0 saturated carbocycles. The minimum absolute atomic E-state index is 0.101. The van der Waals surface area contributed by atoms with Crippen LogP contribution >= 0.6 is 11.6 Å². The fourth-order valence-corrected chi connectivity index (χ4v) is 1.15. The summed E-state index contributed by atoms with van der Waals surface area (Å²) in [6, 6.07) is 4.45. The molecule has 1 rings (SSSR count). The van der Waals surface area contributed by atoms with E-state index in [-0.39, 0.29) is 17.3 Å². The number of nitro groups is 1. The summed E-state index contributed by atoms with van der Waals surface area (Å²) < 4.78 is 0. The van der Waals surface area contributed by atoms with Gasteiger partial charge in [0.1, 0.15) is 5.02 Å². The zero-order valence-corrected chi connectivity index (χ0v) is 7.94. The number of rotatable bonds is 3. The van der Waals surface area contributed by atoms with E-state index in [1.54, 1.807) is 12.1 Å². The van der Waals surface area contributed by atoms with E-state index in [9.17, 15) is 10.1 Å². The van der Waals surface area contributed by atoms with Crippen LogP contribution in [0.2, 0.25) is 5.02 Å². The van der Waals surface area contributed by atoms with Gasteiger partial charge in [-0.25, -0.2) is 0 Å². The monoisotopic (exact) mass is 213 g/mol. The van der Waals surface area contributed by atoms with Crippen LogP contribution in [0.3, 0.4) is 0 Å². The van der Waals surface area contributed by atoms with Crippen molar-refractivity contribution in [1.29, 1.82) is 0 Å². The Morgan fingerprint density at radius 1 is 1.57 bits per heavy atom. The minimum Gasteiger partial charge on any atom is -0.392 e. The molecule has 14 heavy (non-hydrogen) atoms. The second-order valence-electron chi connectivity index (χ2n) is 2.55. The first-order chi connectivity index (χ1) is 6.65. The Bertz CT molecular complexity index is 376. The van der Waals surface area contributed by atoms with Gasteiger partial charge in [0.25, 0.3) is 5.69 Å². The molecule has 0 radical (unpaired) electrons. The van der Waals surface area contributed by atoms with Gasteiger partial charge in [-0.1, -0.05) is 29.8 Å². The van der Waals surface area contributed by atoms with Gasteiger partial charge in [-0.2, -0.15) is 0 Å². The molecule has 0 spiro atoms. The summed E-state index contributed by atoms with van der Waals surface area (Å²) >= 11 is 5.61. The number of aliphatic hydroxyl groups is 1. The van der Waals surface area contributed by atoms with Gasteiger partial charge in [0.15, 0.2) is 0 Å². The zero-order valence-electron chi connectivity index (χ0n) is 7.18. The molecule has 0 saturated heterocycles. The van der Waals surface area contributed by atoms with Gasteiger partial charge in [0.2, 0.25) is 0 Å². The molecular formula is C9H8ClNO3. The minimum atomic E-state index is -0.543.